The molecule has 0 saturated carbocycles. The Morgan fingerprint density at radius 1 is 1.10 bits per heavy atom. The van der Waals surface area contributed by atoms with Crippen molar-refractivity contribution in [3.8, 4) is 0 Å². The molecule has 0 aliphatic carbocycles. The van der Waals surface area contributed by atoms with Gasteiger partial charge in [-0.05, 0) is 49.9 Å². The highest BCUT2D eigenvalue weighted by molar-refractivity contribution is 6.08. The molecule has 2 heterocycles. The number of benzene rings is 1. The number of carbonyl (C=O) groups is 4. The smallest absolute Gasteiger partial charge is 0.326 e. The van der Waals surface area contributed by atoms with Gasteiger partial charge >= 0.3 is 12.0 Å². The minimum absolute atomic E-state index is 0.429. The lowest BCUT2D eigenvalue weighted by Crippen LogP contribution is -2.46. The third-order valence-electron chi connectivity index (χ3n) is 5.73. The molecule has 1 aromatic rings. The quantitative estimate of drug-likeness (QED) is 0.495. The van der Waals surface area contributed by atoms with Crippen LogP contribution in [0.25, 0.3) is 0 Å². The lowest BCUT2D eigenvalue weighted by molar-refractivity contribution is -0.150. The Balaban J connectivity index is 1.46. The first kappa shape index (κ1) is 21.6. The van der Waals surface area contributed by atoms with E-state index in [4.69, 9.17) is 4.74 Å². The number of anilines is 2. The van der Waals surface area contributed by atoms with Crippen molar-refractivity contribution in [2.24, 2.45) is 0 Å². The average Bonchev–Trinajstić information content (AvgIpc) is 3.36. The van der Waals surface area contributed by atoms with Gasteiger partial charge in [0.05, 0.1) is 0 Å². The highest BCUT2D eigenvalue weighted by atomic mass is 16.5. The summed E-state index contributed by atoms with van der Waals surface area (Å²) in [4.78, 5) is 51.8. The number of carbonyl (C=O) groups excluding carboxylic acids is 4. The summed E-state index contributed by atoms with van der Waals surface area (Å²) in [6.45, 7) is 4.65. The maximum absolute atomic E-state index is 12.5. The minimum Gasteiger partial charge on any atom is -0.454 e. The summed E-state index contributed by atoms with van der Waals surface area (Å²) < 4.78 is 4.94. The monoisotopic (exact) mass is 416 g/mol. The van der Waals surface area contributed by atoms with Crippen LogP contribution in [0.3, 0.4) is 0 Å². The molecular weight excluding hydrogens is 388 g/mol. The van der Waals surface area contributed by atoms with Gasteiger partial charge in [0.25, 0.3) is 11.8 Å². The van der Waals surface area contributed by atoms with Crippen LogP contribution in [-0.4, -0.2) is 60.5 Å². The molecule has 0 aromatic heterocycles. The van der Waals surface area contributed by atoms with Gasteiger partial charge in [0, 0.05) is 24.5 Å². The van der Waals surface area contributed by atoms with Crippen molar-refractivity contribution >= 4 is 35.2 Å². The summed E-state index contributed by atoms with van der Waals surface area (Å²) in [5, 5.41) is 5.30. The van der Waals surface area contributed by atoms with E-state index < -0.39 is 42.5 Å². The Kier molecular flexibility index (Phi) is 6.59. The van der Waals surface area contributed by atoms with Crippen LogP contribution in [0.4, 0.5) is 16.2 Å². The summed E-state index contributed by atoms with van der Waals surface area (Å²) in [6.07, 6.45) is 3.23. The highest BCUT2D eigenvalue weighted by Crippen LogP contribution is 2.25. The molecule has 2 fully saturated rings. The van der Waals surface area contributed by atoms with Gasteiger partial charge in [0.15, 0.2) is 6.61 Å². The zero-order valence-electron chi connectivity index (χ0n) is 17.4. The number of hydrogen-bond acceptors (Lipinski definition) is 6. The molecule has 2 N–H and O–H groups in total. The van der Waals surface area contributed by atoms with E-state index in [0.717, 1.165) is 23.7 Å². The first-order chi connectivity index (χ1) is 14.4. The molecule has 2 saturated heterocycles. The average molecular weight is 416 g/mol. The first-order valence-electron chi connectivity index (χ1n) is 10.3. The molecular formula is C21H28N4O5. The molecule has 0 radical (unpaired) electrons. The number of urea groups is 1. The molecule has 2 aliphatic heterocycles. The number of esters is 1. The van der Waals surface area contributed by atoms with Gasteiger partial charge in [-0.3, -0.25) is 19.3 Å². The SMILES string of the molecule is CCC1(CC)NC(=O)N(CC(=O)OCC(=O)Nc2ccc(N3CCCC3)cc2)C1=O. The standard InChI is InChI=1S/C21H28N4O5/c1-3-21(4-2)19(28)25(20(29)23-21)13-18(27)30-14-17(26)22-15-7-9-16(10-8-15)24-11-5-6-12-24/h7-10H,3-6,11-14H2,1-2H3,(H,22,26)(H,23,29). The Morgan fingerprint density at radius 3 is 2.30 bits per heavy atom. The van der Waals surface area contributed by atoms with Crippen LogP contribution in [0.5, 0.6) is 0 Å². The topological polar surface area (TPSA) is 108 Å². The van der Waals surface area contributed by atoms with Crippen molar-refractivity contribution in [2.75, 3.05) is 36.5 Å². The fraction of sp³-hybridized carbons (Fsp3) is 0.524. The first-order valence-corrected chi connectivity index (χ1v) is 10.3. The Bertz CT molecular complexity index is 813. The van der Waals surface area contributed by atoms with Gasteiger partial charge in [-0.2, -0.15) is 0 Å². The number of rotatable bonds is 8. The van der Waals surface area contributed by atoms with E-state index in [1.165, 1.54) is 12.8 Å². The fourth-order valence-electron chi connectivity index (χ4n) is 3.80. The summed E-state index contributed by atoms with van der Waals surface area (Å²) in [6, 6.07) is 6.87. The molecule has 4 amide bonds. The molecule has 9 heteroatoms. The van der Waals surface area contributed by atoms with Crippen molar-refractivity contribution in [3.63, 3.8) is 0 Å². The van der Waals surface area contributed by atoms with Gasteiger partial charge < -0.3 is 20.3 Å². The van der Waals surface area contributed by atoms with E-state index in [1.54, 1.807) is 26.0 Å². The largest absolute Gasteiger partial charge is 0.454 e. The second-order valence-corrected chi connectivity index (χ2v) is 7.56. The highest BCUT2D eigenvalue weighted by Gasteiger charge is 2.49. The van der Waals surface area contributed by atoms with E-state index in [2.05, 4.69) is 15.5 Å². The zero-order chi connectivity index (χ0) is 21.7. The molecule has 30 heavy (non-hydrogen) atoms. The number of amides is 4. The number of nitrogens with zero attached hydrogens (tertiary/aromatic N) is 2. The summed E-state index contributed by atoms with van der Waals surface area (Å²) >= 11 is 0. The zero-order valence-corrected chi connectivity index (χ0v) is 17.4. The van der Waals surface area contributed by atoms with Crippen LogP contribution in [0, 0.1) is 0 Å². The predicted octanol–water partition coefficient (Wildman–Crippen LogP) is 1.88. The maximum atomic E-state index is 12.5. The molecule has 0 bridgehead atoms. The van der Waals surface area contributed by atoms with Crippen LogP contribution in [0.2, 0.25) is 0 Å². The Labute approximate surface area is 175 Å². The molecule has 1 aromatic carbocycles. The fourth-order valence-corrected chi connectivity index (χ4v) is 3.80. The third-order valence-corrected chi connectivity index (χ3v) is 5.73. The molecule has 3 rings (SSSR count). The Morgan fingerprint density at radius 2 is 1.73 bits per heavy atom. The predicted molar refractivity (Wildman–Crippen MR) is 111 cm³/mol. The maximum Gasteiger partial charge on any atom is 0.326 e. The van der Waals surface area contributed by atoms with Crippen LogP contribution < -0.4 is 15.5 Å². The van der Waals surface area contributed by atoms with Crippen molar-refractivity contribution in [3.05, 3.63) is 24.3 Å². The van der Waals surface area contributed by atoms with Gasteiger partial charge in [0.2, 0.25) is 0 Å². The van der Waals surface area contributed by atoms with Crippen LogP contribution in [0.15, 0.2) is 24.3 Å². The van der Waals surface area contributed by atoms with Gasteiger partial charge in [-0.15, -0.1) is 0 Å². The number of imide groups is 1. The van der Waals surface area contributed by atoms with E-state index >= 15 is 0 Å². The van der Waals surface area contributed by atoms with Crippen molar-refractivity contribution in [1.29, 1.82) is 0 Å². The molecule has 0 unspecified atom stereocenters. The van der Waals surface area contributed by atoms with Gasteiger partial charge in [0.1, 0.15) is 12.1 Å². The van der Waals surface area contributed by atoms with Crippen LogP contribution in [0.1, 0.15) is 39.5 Å². The van der Waals surface area contributed by atoms with Crippen LogP contribution >= 0.6 is 0 Å². The molecule has 0 atom stereocenters. The third kappa shape index (κ3) is 4.55. The van der Waals surface area contributed by atoms with Crippen LogP contribution in [-0.2, 0) is 19.1 Å². The second kappa shape index (κ2) is 9.15. The molecule has 162 valence electrons. The lowest BCUT2D eigenvalue weighted by atomic mass is 9.93. The van der Waals surface area contributed by atoms with Crippen molar-refractivity contribution < 1.29 is 23.9 Å². The second-order valence-electron chi connectivity index (χ2n) is 7.56. The van der Waals surface area contributed by atoms with Crippen molar-refractivity contribution in [2.45, 2.75) is 45.1 Å². The number of hydrogen-bond donors (Lipinski definition) is 2. The van der Waals surface area contributed by atoms with Crippen molar-refractivity contribution in [1.82, 2.24) is 10.2 Å². The molecule has 9 nitrogen and oxygen atoms in total. The lowest BCUT2D eigenvalue weighted by Gasteiger charge is -2.22. The molecule has 0 spiro atoms. The summed E-state index contributed by atoms with van der Waals surface area (Å²) in [5.74, 6) is -1.76. The van der Waals surface area contributed by atoms with E-state index in [-0.39, 0.29) is 0 Å². The van der Waals surface area contributed by atoms with E-state index in [0.29, 0.717) is 18.5 Å². The minimum atomic E-state index is -0.976. The summed E-state index contributed by atoms with van der Waals surface area (Å²) in [7, 11) is 0. The summed E-state index contributed by atoms with van der Waals surface area (Å²) in [5.41, 5.74) is 0.736. The van der Waals surface area contributed by atoms with E-state index in [9.17, 15) is 19.2 Å². The van der Waals surface area contributed by atoms with E-state index in [1.807, 2.05) is 12.1 Å². The normalized spacial score (nSPS) is 17.8. The van der Waals surface area contributed by atoms with Gasteiger partial charge in [-0.1, -0.05) is 13.8 Å². The number of ether oxygens (including phenoxy) is 1. The Hall–Kier alpha value is -3.10. The van der Waals surface area contributed by atoms with Gasteiger partial charge in [-0.25, -0.2) is 4.79 Å². The number of nitrogens with one attached hydrogen (secondary N) is 2. The molecule has 2 aliphatic rings.